The summed E-state index contributed by atoms with van der Waals surface area (Å²) >= 11 is 0. The number of aliphatic hydroxyl groups is 1. The fraction of sp³-hybridized carbons (Fsp3) is 0.600. The first-order valence-corrected chi connectivity index (χ1v) is 6.87. The molecule has 1 atom stereocenters. The third-order valence-corrected chi connectivity index (χ3v) is 3.67. The van der Waals surface area contributed by atoms with Crippen LogP contribution in [0.3, 0.4) is 0 Å². The highest BCUT2D eigenvalue weighted by Crippen LogP contribution is 2.24. The lowest BCUT2D eigenvalue weighted by Gasteiger charge is -2.36. The number of aryl methyl sites for hydroxylation is 2. The molecule has 2 N–H and O–H groups in total. The largest absolute Gasteiger partial charge is 0.395 e. The van der Waals surface area contributed by atoms with Gasteiger partial charge in [0.05, 0.1) is 6.61 Å². The van der Waals surface area contributed by atoms with Crippen molar-refractivity contribution in [1.82, 2.24) is 5.32 Å². The molecule has 1 aromatic rings. The molecule has 0 radical (unpaired) electrons. The topological polar surface area (TPSA) is 35.5 Å². The Morgan fingerprint density at radius 2 is 2.22 bits per heavy atom. The highest BCUT2D eigenvalue weighted by Gasteiger charge is 2.20. The average molecular weight is 248 g/mol. The van der Waals surface area contributed by atoms with Gasteiger partial charge in [-0.25, -0.2) is 0 Å². The Hall–Kier alpha value is -1.06. The minimum Gasteiger partial charge on any atom is -0.395 e. The van der Waals surface area contributed by atoms with Gasteiger partial charge in [0.25, 0.3) is 0 Å². The first kappa shape index (κ1) is 13.4. The zero-order chi connectivity index (χ0) is 13.0. The van der Waals surface area contributed by atoms with Crippen LogP contribution in [0.15, 0.2) is 18.2 Å². The standard InChI is InChI=1S/C15H24N2O/c1-12-5-6-13(2)15(10-12)17-8-3-4-14(11-17)16-7-9-18/h5-6,10,14,16,18H,3-4,7-9,11H2,1-2H3. The minimum absolute atomic E-state index is 0.222. The molecule has 0 spiro atoms. The molecule has 0 aliphatic carbocycles. The van der Waals surface area contributed by atoms with Gasteiger partial charge in [0.1, 0.15) is 0 Å². The van der Waals surface area contributed by atoms with Crippen molar-refractivity contribution in [2.45, 2.75) is 32.7 Å². The van der Waals surface area contributed by atoms with Crippen molar-refractivity contribution < 1.29 is 5.11 Å². The molecule has 3 nitrogen and oxygen atoms in total. The van der Waals surface area contributed by atoms with Gasteiger partial charge in [-0.1, -0.05) is 12.1 Å². The molecule has 0 saturated carbocycles. The summed E-state index contributed by atoms with van der Waals surface area (Å²) in [5.74, 6) is 0. The average Bonchev–Trinajstić information content (AvgIpc) is 2.39. The molecular weight excluding hydrogens is 224 g/mol. The second kappa shape index (κ2) is 6.21. The molecule has 1 saturated heterocycles. The van der Waals surface area contributed by atoms with E-state index in [9.17, 15) is 0 Å². The van der Waals surface area contributed by atoms with Gasteiger partial charge in [-0.3, -0.25) is 0 Å². The van der Waals surface area contributed by atoms with Crippen molar-refractivity contribution in [3.63, 3.8) is 0 Å². The summed E-state index contributed by atoms with van der Waals surface area (Å²) in [6.45, 7) is 7.44. The lowest BCUT2D eigenvalue weighted by Crippen LogP contribution is -2.46. The van der Waals surface area contributed by atoms with Crippen LogP contribution in [-0.4, -0.2) is 37.4 Å². The van der Waals surface area contributed by atoms with E-state index in [1.807, 2.05) is 0 Å². The lowest BCUT2D eigenvalue weighted by molar-refractivity contribution is 0.278. The van der Waals surface area contributed by atoms with Gasteiger partial charge in [0, 0.05) is 31.4 Å². The molecule has 1 aliphatic rings. The molecule has 2 rings (SSSR count). The third kappa shape index (κ3) is 3.24. The van der Waals surface area contributed by atoms with Crippen LogP contribution in [-0.2, 0) is 0 Å². The number of anilines is 1. The molecular formula is C15H24N2O. The van der Waals surface area contributed by atoms with Gasteiger partial charge in [0.15, 0.2) is 0 Å². The van der Waals surface area contributed by atoms with Crippen LogP contribution in [0.1, 0.15) is 24.0 Å². The summed E-state index contributed by atoms with van der Waals surface area (Å²) in [6, 6.07) is 7.16. The fourth-order valence-electron chi connectivity index (χ4n) is 2.69. The number of piperidine rings is 1. The maximum Gasteiger partial charge on any atom is 0.0556 e. The Bertz CT molecular complexity index is 392. The monoisotopic (exact) mass is 248 g/mol. The van der Waals surface area contributed by atoms with Crippen molar-refractivity contribution in [2.75, 3.05) is 31.1 Å². The molecule has 1 aliphatic heterocycles. The smallest absolute Gasteiger partial charge is 0.0556 e. The van der Waals surface area contributed by atoms with Crippen molar-refractivity contribution >= 4 is 5.69 Å². The molecule has 1 aromatic carbocycles. The minimum atomic E-state index is 0.222. The van der Waals surface area contributed by atoms with E-state index in [4.69, 9.17) is 5.11 Å². The number of aliphatic hydroxyl groups excluding tert-OH is 1. The summed E-state index contributed by atoms with van der Waals surface area (Å²) < 4.78 is 0. The number of hydrogen-bond donors (Lipinski definition) is 2. The van der Waals surface area contributed by atoms with Gasteiger partial charge in [-0.2, -0.15) is 0 Å². The summed E-state index contributed by atoms with van der Waals surface area (Å²) in [5.41, 5.74) is 4.04. The van der Waals surface area contributed by atoms with Crippen LogP contribution in [0.5, 0.6) is 0 Å². The van der Waals surface area contributed by atoms with Crippen LogP contribution in [0.2, 0.25) is 0 Å². The van der Waals surface area contributed by atoms with Crippen LogP contribution < -0.4 is 10.2 Å². The summed E-state index contributed by atoms with van der Waals surface area (Å²) in [7, 11) is 0. The molecule has 1 unspecified atom stereocenters. The molecule has 0 bridgehead atoms. The van der Waals surface area contributed by atoms with E-state index >= 15 is 0 Å². The van der Waals surface area contributed by atoms with E-state index in [1.54, 1.807) is 0 Å². The van der Waals surface area contributed by atoms with E-state index in [-0.39, 0.29) is 6.61 Å². The molecule has 0 aromatic heterocycles. The van der Waals surface area contributed by atoms with Gasteiger partial charge >= 0.3 is 0 Å². The first-order chi connectivity index (χ1) is 8.70. The molecule has 1 heterocycles. The Labute approximate surface area is 110 Å². The second-order valence-electron chi connectivity index (χ2n) is 5.25. The number of hydrogen-bond acceptors (Lipinski definition) is 3. The number of benzene rings is 1. The SMILES string of the molecule is Cc1ccc(C)c(N2CCCC(NCCO)C2)c1. The van der Waals surface area contributed by atoms with Crippen molar-refractivity contribution in [2.24, 2.45) is 0 Å². The Kier molecular flexibility index (Phi) is 4.61. The summed E-state index contributed by atoms with van der Waals surface area (Å²) in [4.78, 5) is 2.47. The van der Waals surface area contributed by atoms with E-state index in [2.05, 4.69) is 42.3 Å². The second-order valence-corrected chi connectivity index (χ2v) is 5.25. The quantitative estimate of drug-likeness (QED) is 0.853. The predicted molar refractivity (Wildman–Crippen MR) is 76.2 cm³/mol. The maximum absolute atomic E-state index is 8.88. The first-order valence-electron chi connectivity index (χ1n) is 6.87. The van der Waals surface area contributed by atoms with Crippen LogP contribution in [0.25, 0.3) is 0 Å². The lowest BCUT2D eigenvalue weighted by atomic mass is 10.0. The maximum atomic E-state index is 8.88. The van der Waals surface area contributed by atoms with Crippen LogP contribution in [0, 0.1) is 13.8 Å². The van der Waals surface area contributed by atoms with Crippen molar-refractivity contribution in [3.8, 4) is 0 Å². The van der Waals surface area contributed by atoms with Gasteiger partial charge < -0.3 is 15.3 Å². The van der Waals surface area contributed by atoms with E-state index in [0.29, 0.717) is 12.6 Å². The molecule has 18 heavy (non-hydrogen) atoms. The Morgan fingerprint density at radius 3 is 3.00 bits per heavy atom. The fourth-order valence-corrected chi connectivity index (χ4v) is 2.69. The number of nitrogens with zero attached hydrogens (tertiary/aromatic N) is 1. The van der Waals surface area contributed by atoms with Gasteiger partial charge in [0.2, 0.25) is 0 Å². The van der Waals surface area contributed by atoms with E-state index in [0.717, 1.165) is 13.1 Å². The van der Waals surface area contributed by atoms with Crippen LogP contribution in [0.4, 0.5) is 5.69 Å². The molecule has 1 fully saturated rings. The predicted octanol–water partition coefficient (Wildman–Crippen LogP) is 1.85. The zero-order valence-electron chi connectivity index (χ0n) is 11.4. The van der Waals surface area contributed by atoms with E-state index in [1.165, 1.54) is 29.7 Å². The Balaban J connectivity index is 2.05. The van der Waals surface area contributed by atoms with Crippen LogP contribution >= 0.6 is 0 Å². The highest BCUT2D eigenvalue weighted by atomic mass is 16.3. The highest BCUT2D eigenvalue weighted by molar-refractivity contribution is 5.55. The summed E-state index contributed by atoms with van der Waals surface area (Å²) in [6.07, 6.45) is 2.43. The van der Waals surface area contributed by atoms with E-state index < -0.39 is 0 Å². The van der Waals surface area contributed by atoms with Gasteiger partial charge in [-0.15, -0.1) is 0 Å². The normalized spacial score (nSPS) is 20.2. The van der Waals surface area contributed by atoms with Crippen molar-refractivity contribution in [3.05, 3.63) is 29.3 Å². The molecule has 0 amide bonds. The van der Waals surface area contributed by atoms with Gasteiger partial charge in [-0.05, 0) is 43.9 Å². The number of nitrogens with one attached hydrogen (secondary N) is 1. The Morgan fingerprint density at radius 1 is 1.39 bits per heavy atom. The number of rotatable bonds is 4. The van der Waals surface area contributed by atoms with Crippen molar-refractivity contribution in [1.29, 1.82) is 0 Å². The zero-order valence-corrected chi connectivity index (χ0v) is 11.4. The molecule has 3 heteroatoms. The summed E-state index contributed by atoms with van der Waals surface area (Å²) in [5, 5.41) is 12.3. The third-order valence-electron chi connectivity index (χ3n) is 3.67. The molecule has 100 valence electrons.